The molecule has 1 N–H and O–H groups in total. The van der Waals surface area contributed by atoms with Gasteiger partial charge in [0.2, 0.25) is 0 Å². The Morgan fingerprint density at radius 3 is 2.68 bits per heavy atom. The summed E-state index contributed by atoms with van der Waals surface area (Å²) in [5.74, 6) is 0.829. The van der Waals surface area contributed by atoms with Gasteiger partial charge >= 0.3 is 0 Å². The van der Waals surface area contributed by atoms with Gasteiger partial charge in [-0.15, -0.1) is 0 Å². The summed E-state index contributed by atoms with van der Waals surface area (Å²) < 4.78 is 0. The first-order valence-electron chi connectivity index (χ1n) is 7.55. The molecule has 108 valence electrons. The number of aliphatic hydroxyl groups excluding tert-OH is 1. The van der Waals surface area contributed by atoms with Gasteiger partial charge in [-0.1, -0.05) is 43.9 Å². The largest absolute Gasteiger partial charge is 0.391 e. The maximum absolute atomic E-state index is 9.41. The Labute approximate surface area is 120 Å². The molecule has 0 saturated heterocycles. The minimum atomic E-state index is 0.129. The van der Waals surface area contributed by atoms with Gasteiger partial charge in [-0.3, -0.25) is 0 Å². The smallest absolute Gasteiger partial charge is 0.185 e. The van der Waals surface area contributed by atoms with Crippen LogP contribution in [0.4, 0.5) is 5.13 Å². The van der Waals surface area contributed by atoms with Gasteiger partial charge in [0.05, 0.1) is 17.2 Å². The zero-order valence-corrected chi connectivity index (χ0v) is 13.0. The molecule has 0 amide bonds. The first-order valence-corrected chi connectivity index (χ1v) is 8.36. The number of hydrogen-bond acceptors (Lipinski definition) is 4. The molecule has 19 heavy (non-hydrogen) atoms. The van der Waals surface area contributed by atoms with Crippen LogP contribution < -0.4 is 4.90 Å². The summed E-state index contributed by atoms with van der Waals surface area (Å²) in [6, 6.07) is 0. The SMILES string of the molecule is CCCc1nc(N(C)CC2CCCCC2)sc1CO. The molecule has 0 aromatic carbocycles. The van der Waals surface area contributed by atoms with Crippen molar-refractivity contribution in [2.75, 3.05) is 18.5 Å². The van der Waals surface area contributed by atoms with Gasteiger partial charge in [-0.25, -0.2) is 4.98 Å². The van der Waals surface area contributed by atoms with E-state index >= 15 is 0 Å². The summed E-state index contributed by atoms with van der Waals surface area (Å²) in [5, 5.41) is 10.5. The van der Waals surface area contributed by atoms with Crippen molar-refractivity contribution < 1.29 is 5.11 Å². The van der Waals surface area contributed by atoms with Gasteiger partial charge in [-0.05, 0) is 25.2 Å². The van der Waals surface area contributed by atoms with Crippen molar-refractivity contribution in [2.24, 2.45) is 5.92 Å². The highest BCUT2D eigenvalue weighted by atomic mass is 32.1. The zero-order chi connectivity index (χ0) is 13.7. The van der Waals surface area contributed by atoms with Gasteiger partial charge in [0, 0.05) is 13.6 Å². The van der Waals surface area contributed by atoms with Gasteiger partial charge < -0.3 is 10.0 Å². The fraction of sp³-hybridized carbons (Fsp3) is 0.800. The minimum absolute atomic E-state index is 0.129. The van der Waals surface area contributed by atoms with Crippen molar-refractivity contribution in [2.45, 2.75) is 58.5 Å². The van der Waals surface area contributed by atoms with E-state index in [0.29, 0.717) is 0 Å². The maximum Gasteiger partial charge on any atom is 0.185 e. The number of hydrogen-bond donors (Lipinski definition) is 1. The van der Waals surface area contributed by atoms with Crippen molar-refractivity contribution in [3.63, 3.8) is 0 Å². The molecule has 1 aromatic rings. The number of nitrogens with zero attached hydrogens (tertiary/aromatic N) is 2. The Kier molecular flexibility index (Phi) is 5.64. The standard InChI is InChI=1S/C15H26N2OS/c1-3-7-13-14(11-18)19-15(16-13)17(2)10-12-8-5-4-6-9-12/h12,18H,3-11H2,1-2H3. The van der Waals surface area contributed by atoms with Crippen LogP contribution >= 0.6 is 11.3 Å². The molecule has 1 aliphatic carbocycles. The molecule has 1 aromatic heterocycles. The fourth-order valence-electron chi connectivity index (χ4n) is 2.92. The van der Waals surface area contributed by atoms with Crippen LogP contribution in [0.15, 0.2) is 0 Å². The minimum Gasteiger partial charge on any atom is -0.391 e. The first kappa shape index (κ1) is 14.8. The van der Waals surface area contributed by atoms with E-state index in [2.05, 4.69) is 18.9 Å². The van der Waals surface area contributed by atoms with E-state index in [9.17, 15) is 5.11 Å². The van der Waals surface area contributed by atoms with Crippen molar-refractivity contribution in [1.29, 1.82) is 0 Å². The lowest BCUT2D eigenvalue weighted by molar-refractivity contribution is 0.284. The van der Waals surface area contributed by atoms with E-state index in [1.54, 1.807) is 11.3 Å². The molecule has 0 atom stereocenters. The van der Waals surface area contributed by atoms with E-state index in [-0.39, 0.29) is 6.61 Å². The zero-order valence-electron chi connectivity index (χ0n) is 12.2. The summed E-state index contributed by atoms with van der Waals surface area (Å²) >= 11 is 1.66. The van der Waals surface area contributed by atoms with Gasteiger partial charge in [-0.2, -0.15) is 0 Å². The van der Waals surface area contributed by atoms with E-state index < -0.39 is 0 Å². The summed E-state index contributed by atoms with van der Waals surface area (Å²) in [4.78, 5) is 8.06. The predicted octanol–water partition coefficient (Wildman–Crippen LogP) is 3.60. The molecular weight excluding hydrogens is 256 g/mol. The number of thiazole rings is 1. The molecule has 1 aliphatic rings. The normalized spacial score (nSPS) is 16.8. The highest BCUT2D eigenvalue weighted by Crippen LogP contribution is 2.30. The van der Waals surface area contributed by atoms with E-state index in [1.807, 2.05) is 0 Å². The third kappa shape index (κ3) is 3.93. The first-order chi connectivity index (χ1) is 9.24. The molecule has 0 bridgehead atoms. The number of anilines is 1. The Hall–Kier alpha value is -0.610. The molecule has 0 aliphatic heterocycles. The molecule has 0 spiro atoms. The van der Waals surface area contributed by atoms with Crippen molar-refractivity contribution in [1.82, 2.24) is 4.98 Å². The van der Waals surface area contributed by atoms with Crippen LogP contribution in [0.25, 0.3) is 0 Å². The Balaban J connectivity index is 1.99. The third-order valence-electron chi connectivity index (χ3n) is 3.98. The lowest BCUT2D eigenvalue weighted by atomic mass is 9.89. The molecule has 0 unspecified atom stereocenters. The number of rotatable bonds is 6. The molecular formula is C15H26N2OS. The van der Waals surface area contributed by atoms with Crippen molar-refractivity contribution >= 4 is 16.5 Å². The molecule has 4 heteroatoms. The monoisotopic (exact) mass is 282 g/mol. The summed E-state index contributed by atoms with van der Waals surface area (Å²) in [6.07, 6.45) is 8.98. The fourth-order valence-corrected chi connectivity index (χ4v) is 3.86. The second-order valence-electron chi connectivity index (χ2n) is 5.66. The quantitative estimate of drug-likeness (QED) is 0.866. The summed E-state index contributed by atoms with van der Waals surface area (Å²) in [5.41, 5.74) is 1.10. The molecule has 1 heterocycles. The molecule has 3 nitrogen and oxygen atoms in total. The molecule has 2 rings (SSSR count). The highest BCUT2D eigenvalue weighted by molar-refractivity contribution is 7.15. The average Bonchev–Trinajstić information content (AvgIpc) is 2.83. The number of aromatic nitrogens is 1. The van der Waals surface area contributed by atoms with Crippen LogP contribution in [0.3, 0.4) is 0 Å². The van der Waals surface area contributed by atoms with Gasteiger partial charge in [0.25, 0.3) is 0 Å². The highest BCUT2D eigenvalue weighted by Gasteiger charge is 2.18. The van der Waals surface area contributed by atoms with Crippen LogP contribution in [0.5, 0.6) is 0 Å². The van der Waals surface area contributed by atoms with Crippen LogP contribution in [0.1, 0.15) is 56.0 Å². The lowest BCUT2D eigenvalue weighted by Crippen LogP contribution is -2.26. The summed E-state index contributed by atoms with van der Waals surface area (Å²) in [7, 11) is 2.14. The molecule has 1 saturated carbocycles. The number of aliphatic hydroxyl groups is 1. The van der Waals surface area contributed by atoms with E-state index in [1.165, 1.54) is 32.1 Å². The second kappa shape index (κ2) is 7.25. The van der Waals surface area contributed by atoms with Crippen LogP contribution in [0, 0.1) is 5.92 Å². The Morgan fingerprint density at radius 2 is 2.05 bits per heavy atom. The third-order valence-corrected chi connectivity index (χ3v) is 5.18. The van der Waals surface area contributed by atoms with E-state index in [4.69, 9.17) is 4.98 Å². The molecule has 0 radical (unpaired) electrons. The van der Waals surface area contributed by atoms with Gasteiger partial charge in [0.15, 0.2) is 5.13 Å². The predicted molar refractivity (Wildman–Crippen MR) is 81.9 cm³/mol. The van der Waals surface area contributed by atoms with Crippen molar-refractivity contribution in [3.8, 4) is 0 Å². The Morgan fingerprint density at radius 1 is 1.32 bits per heavy atom. The van der Waals surface area contributed by atoms with Crippen LogP contribution in [0.2, 0.25) is 0 Å². The second-order valence-corrected chi connectivity index (χ2v) is 6.72. The average molecular weight is 282 g/mol. The topological polar surface area (TPSA) is 36.4 Å². The summed E-state index contributed by atoms with van der Waals surface area (Å²) in [6.45, 7) is 3.40. The lowest BCUT2D eigenvalue weighted by Gasteiger charge is -2.26. The Bertz CT molecular complexity index is 385. The van der Waals surface area contributed by atoms with Crippen LogP contribution in [-0.4, -0.2) is 23.7 Å². The van der Waals surface area contributed by atoms with Crippen LogP contribution in [-0.2, 0) is 13.0 Å². The van der Waals surface area contributed by atoms with Crippen molar-refractivity contribution in [3.05, 3.63) is 10.6 Å². The molecule has 1 fully saturated rings. The number of aryl methyl sites for hydroxylation is 1. The van der Waals surface area contributed by atoms with E-state index in [0.717, 1.165) is 41.0 Å². The van der Waals surface area contributed by atoms with Gasteiger partial charge in [0.1, 0.15) is 0 Å². The maximum atomic E-state index is 9.41.